The topological polar surface area (TPSA) is 66.9 Å². The number of carbonyl (C=O) groups excluding carboxylic acids is 1. The second-order valence-electron chi connectivity index (χ2n) is 4.83. The lowest BCUT2D eigenvalue weighted by molar-refractivity contribution is -0.120. The second kappa shape index (κ2) is 9.32. The first kappa shape index (κ1) is 17.5. The normalized spacial score (nSPS) is 11.7. The van der Waals surface area contributed by atoms with E-state index in [4.69, 9.17) is 0 Å². The third-order valence-electron chi connectivity index (χ3n) is 3.01. The zero-order valence-electron chi connectivity index (χ0n) is 13.0. The second-order valence-corrected chi connectivity index (χ2v) is 7.39. The number of aromatic nitrogens is 2. The van der Waals surface area contributed by atoms with E-state index in [1.165, 1.54) is 28.7 Å². The third-order valence-corrected chi connectivity index (χ3v) is 5.07. The van der Waals surface area contributed by atoms with Crippen LogP contribution in [0.15, 0.2) is 47.3 Å². The minimum atomic E-state index is -0.203. The molecule has 1 amide bonds. The summed E-state index contributed by atoms with van der Waals surface area (Å²) in [5, 5.41) is 14.7. The van der Waals surface area contributed by atoms with E-state index in [0.717, 1.165) is 15.9 Å². The minimum Gasteiger partial charge on any atom is -0.357 e. The molecular weight excluding hydrogens is 328 g/mol. The Morgan fingerprint density at radius 1 is 1.39 bits per heavy atom. The lowest BCUT2D eigenvalue weighted by Gasteiger charge is -2.10. The molecule has 0 radical (unpaired) electrons. The molecule has 0 bridgehead atoms. The zero-order chi connectivity index (χ0) is 16.5. The third kappa shape index (κ3) is 6.03. The Hall–Kier alpha value is -1.86. The summed E-state index contributed by atoms with van der Waals surface area (Å²) in [5.74, 6) is 0.0155. The molecule has 1 aromatic heterocycles. The number of anilines is 1. The molecule has 1 unspecified atom stereocenters. The molecule has 0 fully saturated rings. The van der Waals surface area contributed by atoms with Gasteiger partial charge in [-0.2, -0.15) is 0 Å². The van der Waals surface area contributed by atoms with Crippen LogP contribution in [0, 0.1) is 0 Å². The van der Waals surface area contributed by atoms with Crippen LogP contribution in [0.4, 0.5) is 5.13 Å². The van der Waals surface area contributed by atoms with Crippen molar-refractivity contribution in [2.45, 2.75) is 22.9 Å². The maximum absolute atomic E-state index is 12.1. The molecular formula is C16H20N4OS2. The molecule has 2 aromatic rings. The Morgan fingerprint density at radius 2 is 2.17 bits per heavy atom. The van der Waals surface area contributed by atoms with Crippen molar-refractivity contribution in [2.24, 2.45) is 0 Å². The van der Waals surface area contributed by atoms with Crippen molar-refractivity contribution in [3.05, 3.63) is 48.6 Å². The van der Waals surface area contributed by atoms with Crippen LogP contribution in [0.3, 0.4) is 0 Å². The van der Waals surface area contributed by atoms with E-state index in [0.29, 0.717) is 13.1 Å². The summed E-state index contributed by atoms with van der Waals surface area (Å²) in [5.41, 5.74) is 1.22. The molecule has 0 spiro atoms. The standard InChI is InChI=1S/C16H20N4OS2/c1-3-10-18-15-19-20-16(23-15)22-12(2)14(21)17-11-9-13-7-5-4-6-8-13/h3-8,12H,1,9-11H2,2H3,(H,17,21)(H,18,19). The number of nitrogens with one attached hydrogen (secondary N) is 2. The summed E-state index contributed by atoms with van der Waals surface area (Å²) < 4.78 is 0.780. The van der Waals surface area contributed by atoms with E-state index in [2.05, 4.69) is 39.5 Å². The Balaban J connectivity index is 1.74. The summed E-state index contributed by atoms with van der Waals surface area (Å²) in [6.45, 7) is 6.80. The fraction of sp³-hybridized carbons (Fsp3) is 0.312. The van der Waals surface area contributed by atoms with Gasteiger partial charge in [0.1, 0.15) is 0 Å². The SMILES string of the molecule is C=CCNc1nnc(SC(C)C(=O)NCCc2ccccc2)s1. The Kier molecular flexibility index (Phi) is 7.09. The quantitative estimate of drug-likeness (QED) is 0.539. The van der Waals surface area contributed by atoms with E-state index in [9.17, 15) is 4.79 Å². The smallest absolute Gasteiger partial charge is 0.233 e. The zero-order valence-corrected chi connectivity index (χ0v) is 14.6. The van der Waals surface area contributed by atoms with Crippen molar-refractivity contribution in [3.63, 3.8) is 0 Å². The van der Waals surface area contributed by atoms with Crippen LogP contribution < -0.4 is 10.6 Å². The van der Waals surface area contributed by atoms with Gasteiger partial charge in [0, 0.05) is 13.1 Å². The molecule has 5 nitrogen and oxygen atoms in total. The number of hydrogen-bond acceptors (Lipinski definition) is 6. The largest absolute Gasteiger partial charge is 0.357 e. The highest BCUT2D eigenvalue weighted by Gasteiger charge is 2.16. The molecule has 1 atom stereocenters. The number of carbonyl (C=O) groups is 1. The van der Waals surface area contributed by atoms with Gasteiger partial charge in [0.25, 0.3) is 0 Å². The summed E-state index contributed by atoms with van der Waals surface area (Å²) >= 11 is 2.86. The van der Waals surface area contributed by atoms with Crippen molar-refractivity contribution in [1.82, 2.24) is 15.5 Å². The summed E-state index contributed by atoms with van der Waals surface area (Å²) in [6.07, 6.45) is 2.59. The molecule has 122 valence electrons. The van der Waals surface area contributed by atoms with Crippen LogP contribution in [0.2, 0.25) is 0 Å². The molecule has 0 aliphatic carbocycles. The van der Waals surface area contributed by atoms with E-state index >= 15 is 0 Å². The number of benzene rings is 1. The molecule has 0 saturated heterocycles. The van der Waals surface area contributed by atoms with Crippen LogP contribution in [0.5, 0.6) is 0 Å². The van der Waals surface area contributed by atoms with Crippen molar-refractivity contribution < 1.29 is 4.79 Å². The van der Waals surface area contributed by atoms with Crippen molar-refractivity contribution in [3.8, 4) is 0 Å². The van der Waals surface area contributed by atoms with E-state index in [-0.39, 0.29) is 11.2 Å². The molecule has 0 aliphatic heterocycles. The Bertz CT molecular complexity index is 630. The van der Waals surface area contributed by atoms with Crippen molar-refractivity contribution in [1.29, 1.82) is 0 Å². The molecule has 0 aliphatic rings. The number of nitrogens with zero attached hydrogens (tertiary/aromatic N) is 2. The van der Waals surface area contributed by atoms with E-state index < -0.39 is 0 Å². The summed E-state index contributed by atoms with van der Waals surface area (Å²) in [4.78, 5) is 12.1. The van der Waals surface area contributed by atoms with Gasteiger partial charge in [-0.1, -0.05) is 59.5 Å². The molecule has 0 saturated carbocycles. The Labute approximate surface area is 144 Å². The van der Waals surface area contributed by atoms with Crippen molar-refractivity contribution >= 4 is 34.1 Å². The summed E-state index contributed by atoms with van der Waals surface area (Å²) in [6, 6.07) is 10.1. The van der Waals surface area contributed by atoms with Gasteiger partial charge in [-0.15, -0.1) is 16.8 Å². The first-order chi connectivity index (χ1) is 11.2. The molecule has 2 N–H and O–H groups in total. The maximum atomic E-state index is 12.1. The summed E-state index contributed by atoms with van der Waals surface area (Å²) in [7, 11) is 0. The van der Waals surface area contributed by atoms with Gasteiger partial charge in [0.05, 0.1) is 5.25 Å². The van der Waals surface area contributed by atoms with Gasteiger partial charge in [-0.05, 0) is 18.9 Å². The van der Waals surface area contributed by atoms with Crippen molar-refractivity contribution in [2.75, 3.05) is 18.4 Å². The van der Waals surface area contributed by atoms with Gasteiger partial charge in [0.2, 0.25) is 11.0 Å². The first-order valence-electron chi connectivity index (χ1n) is 7.35. The van der Waals surface area contributed by atoms with Crippen LogP contribution in [-0.2, 0) is 11.2 Å². The molecule has 7 heteroatoms. The maximum Gasteiger partial charge on any atom is 0.233 e. The average molecular weight is 348 g/mol. The highest BCUT2D eigenvalue weighted by Crippen LogP contribution is 2.28. The number of amides is 1. The van der Waals surface area contributed by atoms with Crippen LogP contribution in [0.1, 0.15) is 12.5 Å². The Morgan fingerprint density at radius 3 is 2.91 bits per heavy atom. The molecule has 23 heavy (non-hydrogen) atoms. The molecule has 1 aromatic carbocycles. The van der Waals surface area contributed by atoms with Crippen LogP contribution in [0.25, 0.3) is 0 Å². The molecule has 2 rings (SSSR count). The van der Waals surface area contributed by atoms with Gasteiger partial charge in [-0.3, -0.25) is 4.79 Å². The minimum absolute atomic E-state index is 0.0155. The van der Waals surface area contributed by atoms with Crippen LogP contribution in [-0.4, -0.2) is 34.4 Å². The predicted octanol–water partition coefficient (Wildman–Crippen LogP) is 2.98. The average Bonchev–Trinajstić information content (AvgIpc) is 3.01. The number of rotatable bonds is 9. The highest BCUT2D eigenvalue weighted by molar-refractivity contribution is 8.02. The predicted molar refractivity (Wildman–Crippen MR) is 97.1 cm³/mol. The lowest BCUT2D eigenvalue weighted by Crippen LogP contribution is -2.32. The number of hydrogen-bond donors (Lipinski definition) is 2. The number of thioether (sulfide) groups is 1. The van der Waals surface area contributed by atoms with Gasteiger partial charge < -0.3 is 10.6 Å². The fourth-order valence-electron chi connectivity index (χ4n) is 1.81. The monoisotopic (exact) mass is 348 g/mol. The van der Waals surface area contributed by atoms with E-state index in [1.807, 2.05) is 25.1 Å². The van der Waals surface area contributed by atoms with E-state index in [1.54, 1.807) is 6.08 Å². The fourth-order valence-corrected chi connectivity index (χ4v) is 3.74. The highest BCUT2D eigenvalue weighted by atomic mass is 32.2. The lowest BCUT2D eigenvalue weighted by atomic mass is 10.1. The molecule has 1 heterocycles. The van der Waals surface area contributed by atoms with Gasteiger partial charge >= 0.3 is 0 Å². The van der Waals surface area contributed by atoms with Crippen LogP contribution >= 0.6 is 23.1 Å². The first-order valence-corrected chi connectivity index (χ1v) is 9.05. The van der Waals surface area contributed by atoms with Gasteiger partial charge in [-0.25, -0.2) is 0 Å². The van der Waals surface area contributed by atoms with Gasteiger partial charge in [0.15, 0.2) is 4.34 Å².